The Morgan fingerprint density at radius 3 is 0.812 bits per heavy atom. The molecule has 0 bridgehead atoms. The minimum absolute atomic E-state index is 0.00750. The van der Waals surface area contributed by atoms with Crippen LogP contribution in [-0.4, -0.2) is 224 Å². The van der Waals surface area contributed by atoms with Gasteiger partial charge in [-0.25, -0.2) is 107 Å². The van der Waals surface area contributed by atoms with Gasteiger partial charge in [-0.1, -0.05) is 164 Å². The van der Waals surface area contributed by atoms with Gasteiger partial charge in [-0.15, -0.1) is 0 Å². The SMILES string of the molecule is C=CN(C=O)C(=O)NC1CC(C)(C)CC(C)(CN=C=O)C1.C=CN(C=O)C(=O)NC1CC(C)(C)CC(C)(CN=C=O)C1.C=CN(C=O)C(=O)NC1CC(C)(C)CC(C)(CNC(=O)OCCOC(=O)NCC2(C)CC(NC(=O)N(C=C)C=O)CC(C)(C)C2)C1.C=CN(C=O)C(=O)NCC1(C)CC(N=C=O)CC(C)(C)C1.C=CNC=O.CC1(C)CC(N=C=O)CC(C)(CN=C=O)C1.F[N]=[V]. The quantitative estimate of drug-likeness (QED) is 0.0131. The van der Waals surface area contributed by atoms with Gasteiger partial charge in [0.15, 0.2) is 0 Å². The fourth-order valence-corrected chi connectivity index (χ4v) is 21.1. The number of imide groups is 5. The summed E-state index contributed by atoms with van der Waals surface area (Å²) in [7, 11) is 0. The number of halogens is 1. The predicted molar refractivity (Wildman–Crippen MR) is 492 cm³/mol. The normalized spacial score (nSPS) is 26.1. The molecule has 12 atom stereocenters. The summed E-state index contributed by atoms with van der Waals surface area (Å²) in [4.78, 5) is 224. The number of carbonyl (C=O) groups excluding carboxylic acids is 18. The third-order valence-electron chi connectivity index (χ3n) is 23.4. The second-order valence-electron chi connectivity index (χ2n) is 41.6. The maximum absolute atomic E-state index is 12.4. The minimum atomic E-state index is -0.650. The molecular weight excluding hydrogens is 1760 g/mol. The molecule has 0 aromatic carbocycles. The van der Waals surface area contributed by atoms with E-state index in [1.165, 1.54) is 35.8 Å². The Morgan fingerprint density at radius 1 is 0.353 bits per heavy atom. The molecule has 0 saturated heterocycles. The first-order chi connectivity index (χ1) is 61.9. The molecule has 0 heterocycles. The van der Waals surface area contributed by atoms with Crippen molar-refractivity contribution in [1.82, 2.24) is 67.0 Å². The van der Waals surface area contributed by atoms with Gasteiger partial charge >= 0.3 is 68.1 Å². The molecule has 0 spiro atoms. The van der Waals surface area contributed by atoms with E-state index in [0.29, 0.717) is 123 Å². The fraction of sp³-hybridized carbons (Fsp3) is 0.674. The number of amides is 18. The number of hydrogen-bond donors (Lipinski definition) is 8. The van der Waals surface area contributed by atoms with Crippen LogP contribution in [-0.2, 0) is 79.4 Å². The number of aliphatic imine (C=N–C) groups is 5. The molecule has 6 saturated carbocycles. The van der Waals surface area contributed by atoms with Gasteiger partial charge in [0, 0.05) is 74.8 Å². The van der Waals surface area contributed by atoms with Crippen LogP contribution in [0.25, 0.3) is 0 Å². The van der Waals surface area contributed by atoms with E-state index in [-0.39, 0.29) is 114 Å². The van der Waals surface area contributed by atoms with Crippen molar-refractivity contribution in [2.75, 3.05) is 52.5 Å². The van der Waals surface area contributed by atoms with Crippen LogP contribution in [0.15, 0.2) is 106 Å². The topological polar surface area (TPSA) is 512 Å². The van der Waals surface area contributed by atoms with Crippen molar-refractivity contribution in [3.05, 3.63) is 76.7 Å². The van der Waals surface area contributed by atoms with E-state index < -0.39 is 42.3 Å². The van der Waals surface area contributed by atoms with Crippen molar-refractivity contribution in [2.45, 2.75) is 276 Å². The van der Waals surface area contributed by atoms with Crippen LogP contribution in [0.1, 0.15) is 240 Å². The van der Waals surface area contributed by atoms with Crippen molar-refractivity contribution in [2.24, 2.45) is 94.0 Å². The Hall–Kier alpha value is -11.6. The van der Waals surface area contributed by atoms with Crippen LogP contribution in [0, 0.1) is 65.0 Å². The number of ether oxygens (including phenoxy) is 2. The molecule has 6 aliphatic carbocycles. The van der Waals surface area contributed by atoms with Crippen molar-refractivity contribution >= 4 is 111 Å². The Morgan fingerprint density at radius 2 is 0.579 bits per heavy atom. The van der Waals surface area contributed by atoms with Crippen LogP contribution < -0.4 is 42.5 Å². The van der Waals surface area contributed by atoms with Gasteiger partial charge in [-0.05, 0) is 187 Å². The van der Waals surface area contributed by atoms with Crippen LogP contribution in [0.4, 0.5) is 38.0 Å². The second kappa shape index (κ2) is 57.1. The summed E-state index contributed by atoms with van der Waals surface area (Å²) < 4.78 is 22.2. The molecule has 133 heavy (non-hydrogen) atoms. The number of carbonyl (C=O) groups is 13. The molecule has 39 nitrogen and oxygen atoms in total. The number of isocyanates is 5. The van der Waals surface area contributed by atoms with Gasteiger partial charge in [-0.3, -0.25) is 28.8 Å². The first-order valence-electron chi connectivity index (χ1n) is 43.5. The standard InChI is InChI=1S/C32H52N6O8.3C15H23N3O3.C12H18N2O2.C3H5NO.FN.V/c1-9-37(21-39)25(41)35-23-13-29(3,4)17-31(7,15-23)19-33-27(43)45-11-12-46-28(44)34-20-32(8)16-24(14-30(5,6)18-32)36-26(42)38(10-2)22-40;1-5-18(11-20)13(21)16-9-15(4)7-12(17-10-19)6-14(2,3)8-15;2*1-5-18(11-20)13(21)17-12-6-14(2,3)8-15(4,7-12)9-16-10-19;1-11(2)4-10(14-9-16)5-12(3,6-11)7-13-8-15;1-2-4-3-5;1-2;/h9-10,21-24H,1-2,11-20H2,3-8H3,(H,33,43)(H,34,44)(H,35,41)(H,36,42);5,11-12H,1,6-9H2,2-4H3,(H,16,21);2*5,11-12H,1,6-9H2,2-4H3,(H,17,21);10H,4-7H2,1-3H3;2-3H,1H2,(H,4,5);;. The summed E-state index contributed by atoms with van der Waals surface area (Å²) in [6, 6.07) is -3.18. The van der Waals surface area contributed by atoms with Crippen LogP contribution in [0.2, 0.25) is 0 Å². The molecule has 0 radical (unpaired) electrons. The number of nitrogens with zero attached hydrogens (tertiary/aromatic N) is 11. The summed E-state index contributed by atoms with van der Waals surface area (Å²) in [6.07, 6.45) is 30.6. The van der Waals surface area contributed by atoms with Gasteiger partial charge in [0.25, 0.3) is 0 Å². The first kappa shape index (κ1) is 121. The Bertz CT molecular complexity index is 4030. The zero-order valence-electron chi connectivity index (χ0n) is 80.9. The Kier molecular flexibility index (Phi) is 52.1. The van der Waals surface area contributed by atoms with E-state index in [9.17, 15) is 90.8 Å². The number of nitrogens with one attached hydrogen (secondary N) is 8. The summed E-state index contributed by atoms with van der Waals surface area (Å²) in [5.74, 6) is 0. The average Bonchev–Trinajstić information content (AvgIpc) is 0.778. The van der Waals surface area contributed by atoms with Crippen molar-refractivity contribution < 1.29 is 117 Å². The molecule has 0 aliphatic heterocycles. The molecule has 6 aliphatic rings. The van der Waals surface area contributed by atoms with Crippen molar-refractivity contribution in [3.8, 4) is 0 Å². The summed E-state index contributed by atoms with van der Waals surface area (Å²) in [5, 5.41) is 22.0. The zero-order valence-corrected chi connectivity index (χ0v) is 82.3. The average molecular weight is 1910 g/mol. The molecular formula is C92H144FN19O20V. The number of alkyl carbamates (subject to hydrolysis) is 2. The third-order valence-corrected chi connectivity index (χ3v) is 23.4. The third kappa shape index (κ3) is 47.5. The maximum atomic E-state index is 12.4. The molecule has 8 N–H and O–H groups in total. The van der Waals surface area contributed by atoms with Crippen LogP contribution in [0.5, 0.6) is 0 Å². The van der Waals surface area contributed by atoms with Gasteiger partial charge in [0.05, 0.1) is 31.7 Å². The van der Waals surface area contributed by atoms with Gasteiger partial charge in [0.2, 0.25) is 68.9 Å². The summed E-state index contributed by atoms with van der Waals surface area (Å²) in [5.41, 5.74) is -1.34. The molecule has 6 rings (SSSR count). The Balaban J connectivity index is 0.00000170. The molecule has 18 amide bonds. The van der Waals surface area contributed by atoms with Crippen LogP contribution >= 0.6 is 0 Å². The van der Waals surface area contributed by atoms with Crippen LogP contribution in [0.3, 0.4) is 0 Å². The molecule has 739 valence electrons. The second-order valence-corrected chi connectivity index (χ2v) is 41.8. The number of hydrogen-bond acceptors (Lipinski definition) is 26. The monoisotopic (exact) mass is 1910 g/mol. The number of urea groups is 5. The van der Waals surface area contributed by atoms with Crippen molar-refractivity contribution in [1.29, 1.82) is 0 Å². The van der Waals surface area contributed by atoms with E-state index >= 15 is 0 Å². The zero-order chi connectivity index (χ0) is 102. The molecule has 0 aromatic rings. The number of rotatable bonds is 33. The van der Waals surface area contributed by atoms with Gasteiger partial charge < -0.3 is 52.0 Å². The predicted octanol–water partition coefficient (Wildman–Crippen LogP) is 13.6. The summed E-state index contributed by atoms with van der Waals surface area (Å²) >= 11 is 1.42. The molecule has 41 heteroatoms. The van der Waals surface area contributed by atoms with E-state index in [2.05, 4.69) is 218 Å². The van der Waals surface area contributed by atoms with E-state index in [1.807, 2.05) is 17.9 Å². The van der Waals surface area contributed by atoms with Gasteiger partial charge in [0.1, 0.15) is 13.2 Å². The first-order valence-corrected chi connectivity index (χ1v) is 44.1. The Labute approximate surface area is 791 Å². The molecule has 12 unspecified atom stereocenters. The van der Waals surface area contributed by atoms with Crippen molar-refractivity contribution in [3.63, 3.8) is 0 Å². The van der Waals surface area contributed by atoms with E-state index in [0.717, 1.165) is 114 Å². The summed E-state index contributed by atoms with van der Waals surface area (Å²) in [6.45, 7) is 60.1. The van der Waals surface area contributed by atoms with Gasteiger partial charge in [-0.2, -0.15) is 0 Å². The van der Waals surface area contributed by atoms with E-state index in [4.69, 9.17) is 9.47 Å². The fourth-order valence-electron chi connectivity index (χ4n) is 21.1. The van der Waals surface area contributed by atoms with E-state index in [1.54, 1.807) is 30.4 Å². The molecule has 0 aromatic heterocycles. The molecule has 6 fully saturated rings.